The first-order valence-corrected chi connectivity index (χ1v) is 6.62. The van der Waals surface area contributed by atoms with Crippen molar-refractivity contribution in [2.45, 2.75) is 0 Å². The summed E-state index contributed by atoms with van der Waals surface area (Å²) in [5.74, 6) is 0.309. The van der Waals surface area contributed by atoms with E-state index in [2.05, 4.69) is 15.5 Å². The Morgan fingerprint density at radius 2 is 1.77 bits per heavy atom. The normalized spacial score (nSPS) is 10.4. The first-order valence-electron chi connectivity index (χ1n) is 6.62. The minimum Gasteiger partial charge on any atom is -0.497 e. The molecule has 0 aliphatic heterocycles. The van der Waals surface area contributed by atoms with Gasteiger partial charge in [-0.15, -0.1) is 0 Å². The highest BCUT2D eigenvalue weighted by Crippen LogP contribution is 2.17. The summed E-state index contributed by atoms with van der Waals surface area (Å²) in [5, 5.41) is 9.89. The van der Waals surface area contributed by atoms with Gasteiger partial charge in [-0.2, -0.15) is 5.10 Å². The second-order valence-electron chi connectivity index (χ2n) is 4.63. The van der Waals surface area contributed by atoms with Gasteiger partial charge in [0.15, 0.2) is 5.69 Å². The number of amides is 1. The maximum absolute atomic E-state index is 12.4. The van der Waals surface area contributed by atoms with Gasteiger partial charge >= 0.3 is 0 Å². The molecular weight excluding hydrogens is 282 g/mol. The topological polar surface area (TPSA) is 84.1 Å². The average molecular weight is 295 g/mol. The van der Waals surface area contributed by atoms with Crippen LogP contribution in [0.5, 0.6) is 5.75 Å². The van der Waals surface area contributed by atoms with E-state index < -0.39 is 5.91 Å². The number of rotatable bonds is 3. The van der Waals surface area contributed by atoms with E-state index in [-0.39, 0.29) is 11.3 Å². The maximum atomic E-state index is 12.4. The molecule has 0 saturated carbocycles. The number of H-pyrrole nitrogens is 1. The number of aromatic nitrogens is 2. The summed E-state index contributed by atoms with van der Waals surface area (Å²) in [6.45, 7) is 0. The molecule has 2 aromatic carbocycles. The number of carbonyl (C=O) groups is 1. The quantitative estimate of drug-likeness (QED) is 0.775. The Kier molecular flexibility index (Phi) is 3.57. The smallest absolute Gasteiger partial charge is 0.276 e. The van der Waals surface area contributed by atoms with Crippen LogP contribution in [0.4, 0.5) is 5.69 Å². The third kappa shape index (κ3) is 2.54. The Morgan fingerprint density at radius 1 is 1.09 bits per heavy atom. The molecule has 0 spiro atoms. The van der Waals surface area contributed by atoms with Crippen molar-refractivity contribution in [1.29, 1.82) is 0 Å². The highest BCUT2D eigenvalue weighted by atomic mass is 16.5. The van der Waals surface area contributed by atoms with Gasteiger partial charge in [0.1, 0.15) is 5.75 Å². The number of methoxy groups -OCH3 is 1. The van der Waals surface area contributed by atoms with E-state index in [4.69, 9.17) is 4.74 Å². The molecule has 2 N–H and O–H groups in total. The highest BCUT2D eigenvalue weighted by molar-refractivity contribution is 6.11. The van der Waals surface area contributed by atoms with E-state index in [1.54, 1.807) is 55.6 Å². The summed E-state index contributed by atoms with van der Waals surface area (Å²) < 4.78 is 5.06. The lowest BCUT2D eigenvalue weighted by atomic mass is 10.1. The molecule has 0 aliphatic carbocycles. The number of aromatic amines is 1. The number of nitrogens with zero attached hydrogens (tertiary/aromatic N) is 1. The van der Waals surface area contributed by atoms with Crippen molar-refractivity contribution in [2.24, 2.45) is 0 Å². The monoisotopic (exact) mass is 295 g/mol. The predicted octanol–water partition coefficient (Wildman–Crippen LogP) is 2.18. The largest absolute Gasteiger partial charge is 0.497 e. The molecule has 6 heteroatoms. The molecule has 6 nitrogen and oxygen atoms in total. The summed E-state index contributed by atoms with van der Waals surface area (Å²) in [5.41, 5.74) is 0.463. The third-order valence-electron chi connectivity index (χ3n) is 3.26. The van der Waals surface area contributed by atoms with Crippen LogP contribution in [-0.4, -0.2) is 23.2 Å². The summed E-state index contributed by atoms with van der Waals surface area (Å²) in [6.07, 6.45) is 0. The van der Waals surface area contributed by atoms with Gasteiger partial charge < -0.3 is 10.1 Å². The Hall–Kier alpha value is -3.15. The lowest BCUT2D eigenvalue weighted by molar-refractivity contribution is 0.102. The number of ether oxygens (including phenoxy) is 1. The molecule has 0 atom stereocenters. The first kappa shape index (κ1) is 13.8. The average Bonchev–Trinajstić information content (AvgIpc) is 2.56. The summed E-state index contributed by atoms with van der Waals surface area (Å²) in [7, 11) is 1.57. The van der Waals surface area contributed by atoms with Crippen LogP contribution in [0, 0.1) is 0 Å². The van der Waals surface area contributed by atoms with Crippen molar-refractivity contribution in [1.82, 2.24) is 10.2 Å². The van der Waals surface area contributed by atoms with Gasteiger partial charge in [0.05, 0.1) is 12.5 Å². The van der Waals surface area contributed by atoms with Crippen LogP contribution in [0.3, 0.4) is 0 Å². The van der Waals surface area contributed by atoms with Gasteiger partial charge in [0, 0.05) is 11.1 Å². The zero-order valence-corrected chi connectivity index (χ0v) is 11.8. The van der Waals surface area contributed by atoms with Gasteiger partial charge in [-0.25, -0.2) is 5.10 Å². The molecule has 3 rings (SSSR count). The first-order chi connectivity index (χ1) is 10.7. The lowest BCUT2D eigenvalue weighted by Gasteiger charge is -2.07. The van der Waals surface area contributed by atoms with Gasteiger partial charge in [-0.3, -0.25) is 9.59 Å². The van der Waals surface area contributed by atoms with Crippen molar-refractivity contribution >= 4 is 22.4 Å². The molecule has 1 heterocycles. The van der Waals surface area contributed by atoms with Crippen LogP contribution in [0.2, 0.25) is 0 Å². The van der Waals surface area contributed by atoms with Gasteiger partial charge in [-0.05, 0) is 30.3 Å². The predicted molar refractivity (Wildman–Crippen MR) is 83.3 cm³/mol. The van der Waals surface area contributed by atoms with Crippen LogP contribution >= 0.6 is 0 Å². The molecule has 0 bridgehead atoms. The second-order valence-corrected chi connectivity index (χ2v) is 4.63. The number of nitrogens with one attached hydrogen (secondary N) is 2. The Labute approximate surface area is 125 Å². The van der Waals surface area contributed by atoms with Crippen LogP contribution in [-0.2, 0) is 0 Å². The van der Waals surface area contributed by atoms with Crippen molar-refractivity contribution in [3.05, 3.63) is 64.6 Å². The van der Waals surface area contributed by atoms with Gasteiger partial charge in [0.25, 0.3) is 11.5 Å². The summed E-state index contributed by atoms with van der Waals surface area (Å²) in [6, 6.07) is 13.8. The molecule has 0 fully saturated rings. The third-order valence-corrected chi connectivity index (χ3v) is 3.26. The zero-order valence-electron chi connectivity index (χ0n) is 11.8. The van der Waals surface area contributed by atoms with E-state index in [1.165, 1.54) is 0 Å². The van der Waals surface area contributed by atoms with E-state index >= 15 is 0 Å². The van der Waals surface area contributed by atoms with Gasteiger partial charge in [-0.1, -0.05) is 18.2 Å². The summed E-state index contributed by atoms with van der Waals surface area (Å²) in [4.78, 5) is 24.1. The molecule has 1 amide bonds. The molecular formula is C16H13N3O3. The molecule has 0 aliphatic rings. The molecule has 0 saturated heterocycles. The number of hydrogen-bond donors (Lipinski definition) is 2. The second kappa shape index (κ2) is 5.69. The molecule has 0 unspecified atom stereocenters. The number of hydrogen-bond acceptors (Lipinski definition) is 4. The number of benzene rings is 2. The van der Waals surface area contributed by atoms with Crippen molar-refractivity contribution in [3.8, 4) is 5.75 Å². The van der Waals surface area contributed by atoms with Crippen LogP contribution in [0.1, 0.15) is 10.5 Å². The standard InChI is InChI=1S/C16H13N3O3/c1-22-11-8-6-10(7-9-11)17-16(21)14-12-4-2-3-5-13(12)15(20)19-18-14/h2-9H,1H3,(H,17,21)(H,19,20). The van der Waals surface area contributed by atoms with Crippen LogP contribution < -0.4 is 15.6 Å². The Bertz CT molecular complexity index is 885. The molecule has 0 radical (unpaired) electrons. The zero-order chi connectivity index (χ0) is 15.5. The molecule has 3 aromatic rings. The lowest BCUT2D eigenvalue weighted by Crippen LogP contribution is -2.19. The molecule has 1 aromatic heterocycles. The Morgan fingerprint density at radius 3 is 2.45 bits per heavy atom. The SMILES string of the molecule is COc1ccc(NC(=O)c2n[nH]c(=O)c3ccccc23)cc1. The molecule has 22 heavy (non-hydrogen) atoms. The minimum atomic E-state index is -0.391. The van der Waals surface area contributed by atoms with E-state index in [1.807, 2.05) is 0 Å². The van der Waals surface area contributed by atoms with Crippen molar-refractivity contribution in [2.75, 3.05) is 12.4 Å². The fraction of sp³-hybridized carbons (Fsp3) is 0.0625. The van der Waals surface area contributed by atoms with Crippen LogP contribution in [0.15, 0.2) is 53.3 Å². The van der Waals surface area contributed by atoms with Gasteiger partial charge in [0.2, 0.25) is 0 Å². The Balaban J connectivity index is 1.95. The summed E-state index contributed by atoms with van der Waals surface area (Å²) >= 11 is 0. The van der Waals surface area contributed by atoms with Crippen molar-refractivity contribution < 1.29 is 9.53 Å². The minimum absolute atomic E-state index is 0.172. The van der Waals surface area contributed by atoms with E-state index in [0.29, 0.717) is 22.2 Å². The highest BCUT2D eigenvalue weighted by Gasteiger charge is 2.14. The maximum Gasteiger partial charge on any atom is 0.276 e. The number of anilines is 1. The fourth-order valence-electron chi connectivity index (χ4n) is 2.15. The van der Waals surface area contributed by atoms with Crippen molar-refractivity contribution in [3.63, 3.8) is 0 Å². The van der Waals surface area contributed by atoms with Crippen LogP contribution in [0.25, 0.3) is 10.8 Å². The fourth-order valence-corrected chi connectivity index (χ4v) is 2.15. The van der Waals surface area contributed by atoms with E-state index in [0.717, 1.165) is 0 Å². The number of fused-ring (bicyclic) bond motifs is 1. The molecule has 110 valence electrons. The van der Waals surface area contributed by atoms with E-state index in [9.17, 15) is 9.59 Å². The number of carbonyl (C=O) groups excluding carboxylic acids is 1.